The third-order valence-electron chi connectivity index (χ3n) is 5.49. The van der Waals surface area contributed by atoms with E-state index >= 15 is 0 Å². The molecular weight excluding hydrogens is 515 g/mol. The maximum absolute atomic E-state index is 14.5. The molecule has 6 nitrogen and oxygen atoms in total. The first-order valence-corrected chi connectivity index (χ1v) is 13.2. The number of ether oxygens (including phenoxy) is 1. The Balaban J connectivity index is 1.53. The van der Waals surface area contributed by atoms with Crippen LogP contribution in [0.4, 0.5) is 10.1 Å². The van der Waals surface area contributed by atoms with E-state index in [0.717, 1.165) is 9.87 Å². The van der Waals surface area contributed by atoms with E-state index in [4.69, 9.17) is 16.3 Å². The summed E-state index contributed by atoms with van der Waals surface area (Å²) in [5.74, 6) is -0.0177. The summed E-state index contributed by atoms with van der Waals surface area (Å²) in [5.41, 5.74) is 1.30. The molecule has 1 N–H and O–H groups in total. The van der Waals surface area contributed by atoms with Crippen molar-refractivity contribution in [2.75, 3.05) is 11.9 Å². The molecule has 0 bridgehead atoms. The molecule has 0 aliphatic carbocycles. The zero-order chi connectivity index (χ0) is 26.4. The van der Waals surface area contributed by atoms with Gasteiger partial charge in [-0.2, -0.15) is 4.31 Å². The molecule has 0 heterocycles. The summed E-state index contributed by atoms with van der Waals surface area (Å²) < 4.78 is 48.0. The molecule has 0 saturated heterocycles. The number of rotatable bonds is 9. The lowest BCUT2D eigenvalue weighted by molar-refractivity contribution is -0.116. The average Bonchev–Trinajstić information content (AvgIpc) is 2.87. The van der Waals surface area contributed by atoms with E-state index in [9.17, 15) is 17.6 Å². The first-order chi connectivity index (χ1) is 17.7. The van der Waals surface area contributed by atoms with Gasteiger partial charge in [-0.1, -0.05) is 53.6 Å². The average molecular weight is 539 g/mol. The summed E-state index contributed by atoms with van der Waals surface area (Å²) in [6.45, 7) is 0.860. The number of nitrogens with zero attached hydrogens (tertiary/aromatic N) is 1. The van der Waals surface area contributed by atoms with Gasteiger partial charge in [0.05, 0.1) is 11.4 Å². The van der Waals surface area contributed by atoms with Crippen LogP contribution in [-0.4, -0.2) is 25.2 Å². The zero-order valence-electron chi connectivity index (χ0n) is 19.9. The Bertz CT molecular complexity index is 1460. The van der Waals surface area contributed by atoms with Crippen LogP contribution in [0.3, 0.4) is 0 Å². The molecule has 0 spiro atoms. The Kier molecular flexibility index (Phi) is 8.23. The van der Waals surface area contributed by atoms with Gasteiger partial charge in [-0.05, 0) is 67.6 Å². The highest BCUT2D eigenvalue weighted by Gasteiger charge is 2.28. The summed E-state index contributed by atoms with van der Waals surface area (Å²) in [5, 5.41) is 2.75. The first-order valence-electron chi connectivity index (χ1n) is 11.3. The largest absolute Gasteiger partial charge is 0.457 e. The number of carbonyl (C=O) groups is 1. The number of sulfonamides is 1. The normalized spacial score (nSPS) is 11.4. The summed E-state index contributed by atoms with van der Waals surface area (Å²) in [7, 11) is -4.15. The molecule has 1 amide bonds. The molecule has 0 aliphatic rings. The summed E-state index contributed by atoms with van der Waals surface area (Å²) >= 11 is 6.16. The number of nitrogens with one attached hydrogen (secondary N) is 1. The standard InChI is InChI=1S/C28H24ClFN2O4S/c1-20-10-16-24(17-11-20)37(34,35)32(18-25-26(29)8-5-9-27(25)30)19-28(33)31-21-12-14-23(15-13-21)36-22-6-3-2-4-7-22/h2-17H,18-19H2,1H3,(H,31,33). The molecule has 0 fully saturated rings. The maximum atomic E-state index is 14.5. The molecule has 0 saturated carbocycles. The Labute approximate surface area is 220 Å². The van der Waals surface area contributed by atoms with Crippen LogP contribution in [0.5, 0.6) is 11.5 Å². The van der Waals surface area contributed by atoms with Crippen LogP contribution >= 0.6 is 11.6 Å². The second-order valence-corrected chi connectivity index (χ2v) is 10.6. The molecule has 37 heavy (non-hydrogen) atoms. The Morgan fingerprint density at radius 3 is 2.19 bits per heavy atom. The van der Waals surface area contributed by atoms with Crippen molar-refractivity contribution in [2.45, 2.75) is 18.4 Å². The lowest BCUT2D eigenvalue weighted by atomic mass is 10.2. The second-order valence-electron chi connectivity index (χ2n) is 8.27. The van der Waals surface area contributed by atoms with Crippen LogP contribution in [0.25, 0.3) is 0 Å². The van der Waals surface area contributed by atoms with Crippen LogP contribution in [0.2, 0.25) is 5.02 Å². The van der Waals surface area contributed by atoms with Crippen molar-refractivity contribution >= 4 is 33.2 Å². The number of amides is 1. The van der Waals surface area contributed by atoms with Gasteiger partial charge in [0, 0.05) is 22.8 Å². The molecule has 0 aliphatic heterocycles. The Morgan fingerprint density at radius 1 is 0.892 bits per heavy atom. The monoisotopic (exact) mass is 538 g/mol. The Morgan fingerprint density at radius 2 is 1.54 bits per heavy atom. The fraction of sp³-hybridized carbons (Fsp3) is 0.107. The van der Waals surface area contributed by atoms with Crippen LogP contribution < -0.4 is 10.1 Å². The Hall–Kier alpha value is -3.72. The van der Waals surface area contributed by atoms with Gasteiger partial charge >= 0.3 is 0 Å². The number of carbonyl (C=O) groups excluding carboxylic acids is 1. The predicted octanol–water partition coefficient (Wildman–Crippen LogP) is 6.41. The van der Waals surface area contributed by atoms with Gasteiger partial charge in [0.25, 0.3) is 0 Å². The predicted molar refractivity (Wildman–Crippen MR) is 142 cm³/mol. The zero-order valence-corrected chi connectivity index (χ0v) is 21.5. The fourth-order valence-electron chi connectivity index (χ4n) is 3.54. The second kappa shape index (κ2) is 11.6. The molecule has 190 valence electrons. The molecule has 4 aromatic rings. The van der Waals surface area contributed by atoms with Gasteiger partial charge in [0.15, 0.2) is 0 Å². The number of aryl methyl sites for hydroxylation is 1. The van der Waals surface area contributed by atoms with E-state index in [-0.39, 0.29) is 15.5 Å². The van der Waals surface area contributed by atoms with Crippen LogP contribution in [0.1, 0.15) is 11.1 Å². The number of halogens is 2. The highest BCUT2D eigenvalue weighted by molar-refractivity contribution is 7.89. The van der Waals surface area contributed by atoms with Gasteiger partial charge in [-0.3, -0.25) is 4.79 Å². The first kappa shape index (κ1) is 26.3. The quantitative estimate of drug-likeness (QED) is 0.267. The fourth-order valence-corrected chi connectivity index (χ4v) is 5.12. The molecular formula is C28H24ClFN2O4S. The van der Waals surface area contributed by atoms with Gasteiger partial charge in [0.2, 0.25) is 15.9 Å². The minimum atomic E-state index is -4.15. The molecule has 4 aromatic carbocycles. The third-order valence-corrected chi connectivity index (χ3v) is 7.65. The lowest BCUT2D eigenvalue weighted by Crippen LogP contribution is -2.37. The summed E-state index contributed by atoms with van der Waals surface area (Å²) in [4.78, 5) is 12.9. The number of anilines is 1. The lowest BCUT2D eigenvalue weighted by Gasteiger charge is -2.23. The smallest absolute Gasteiger partial charge is 0.243 e. The SMILES string of the molecule is Cc1ccc(S(=O)(=O)N(CC(=O)Nc2ccc(Oc3ccccc3)cc2)Cc2c(F)cccc2Cl)cc1. The minimum Gasteiger partial charge on any atom is -0.457 e. The van der Waals surface area contributed by atoms with E-state index in [0.29, 0.717) is 17.2 Å². The van der Waals surface area contributed by atoms with Crippen molar-refractivity contribution < 1.29 is 22.3 Å². The molecule has 4 rings (SSSR count). The number of hydrogen-bond acceptors (Lipinski definition) is 4. The van der Waals surface area contributed by atoms with Crippen molar-refractivity contribution in [1.29, 1.82) is 0 Å². The van der Waals surface area contributed by atoms with Gasteiger partial charge in [-0.15, -0.1) is 0 Å². The summed E-state index contributed by atoms with van der Waals surface area (Å²) in [6, 6.07) is 26.2. The van der Waals surface area contributed by atoms with Crippen molar-refractivity contribution in [1.82, 2.24) is 4.31 Å². The van der Waals surface area contributed by atoms with Crippen LogP contribution in [0.15, 0.2) is 102 Å². The molecule has 0 aromatic heterocycles. The van der Waals surface area contributed by atoms with Gasteiger partial charge < -0.3 is 10.1 Å². The van der Waals surface area contributed by atoms with Crippen molar-refractivity contribution in [3.8, 4) is 11.5 Å². The van der Waals surface area contributed by atoms with Crippen molar-refractivity contribution in [3.05, 3.63) is 119 Å². The van der Waals surface area contributed by atoms with Crippen molar-refractivity contribution in [3.63, 3.8) is 0 Å². The number of hydrogen-bond donors (Lipinski definition) is 1. The van der Waals surface area contributed by atoms with E-state index in [1.807, 2.05) is 37.3 Å². The highest BCUT2D eigenvalue weighted by Crippen LogP contribution is 2.26. The number of benzene rings is 4. The molecule has 0 radical (unpaired) electrons. The van der Waals surface area contributed by atoms with Gasteiger partial charge in [-0.25, -0.2) is 12.8 Å². The van der Waals surface area contributed by atoms with E-state index in [2.05, 4.69) is 5.32 Å². The topological polar surface area (TPSA) is 75.7 Å². The van der Waals surface area contributed by atoms with E-state index < -0.39 is 34.8 Å². The van der Waals surface area contributed by atoms with Gasteiger partial charge in [0.1, 0.15) is 17.3 Å². The van der Waals surface area contributed by atoms with E-state index in [1.165, 1.54) is 30.3 Å². The van der Waals surface area contributed by atoms with E-state index in [1.54, 1.807) is 36.4 Å². The van der Waals surface area contributed by atoms with Crippen molar-refractivity contribution in [2.24, 2.45) is 0 Å². The minimum absolute atomic E-state index is 0.0132. The highest BCUT2D eigenvalue weighted by atomic mass is 35.5. The van der Waals surface area contributed by atoms with Crippen LogP contribution in [-0.2, 0) is 21.4 Å². The molecule has 9 heteroatoms. The third kappa shape index (κ3) is 6.74. The van der Waals surface area contributed by atoms with Crippen LogP contribution in [0, 0.1) is 12.7 Å². The molecule has 0 unspecified atom stereocenters. The molecule has 0 atom stereocenters. The number of para-hydroxylation sites is 1. The maximum Gasteiger partial charge on any atom is 0.243 e. The summed E-state index contributed by atoms with van der Waals surface area (Å²) in [6.07, 6.45) is 0.